The molecule has 1 amide bonds. The molecule has 0 aliphatic heterocycles. The lowest BCUT2D eigenvalue weighted by molar-refractivity contribution is -0.114. The number of hydrogen-bond acceptors (Lipinski definition) is 25. The molecule has 36 heteroatoms. The minimum Gasteiger partial charge on any atom is -0.493 e. The molecule has 3 heterocycles. The smallest absolute Gasteiger partial charge is 0.425 e. The summed E-state index contributed by atoms with van der Waals surface area (Å²) in [5, 5.41) is 51.9. The second-order valence-corrected chi connectivity index (χ2v) is 25.7. The predicted molar refractivity (Wildman–Crippen MR) is 298 cm³/mol. The molecule has 3 aromatic heterocycles. The van der Waals surface area contributed by atoms with Crippen molar-refractivity contribution in [2.24, 2.45) is 30.7 Å². The van der Waals surface area contributed by atoms with Crippen molar-refractivity contribution >= 4 is 157 Å². The highest BCUT2D eigenvalue weighted by Gasteiger charge is 2.28. The number of nitrogens with one attached hydrogen (secondary N) is 1. The number of rotatable bonds is 19. The van der Waals surface area contributed by atoms with Crippen molar-refractivity contribution in [1.82, 2.24) is 14.4 Å². The topological polar surface area (TPSA) is 455 Å². The van der Waals surface area contributed by atoms with Crippen molar-refractivity contribution < 1.29 is 79.1 Å². The second kappa shape index (κ2) is 24.7. The number of thiazole rings is 1. The number of ether oxygens (including phenoxy) is 1. The lowest BCUT2D eigenvalue weighted by Gasteiger charge is -2.12. The van der Waals surface area contributed by atoms with E-state index in [2.05, 4.69) is 46.0 Å². The van der Waals surface area contributed by atoms with Crippen LogP contribution < -0.4 is 10.1 Å². The van der Waals surface area contributed by atoms with Gasteiger partial charge in [0.15, 0.2) is 11.3 Å². The Morgan fingerprint density at radius 3 is 2.01 bits per heavy atom. The summed E-state index contributed by atoms with van der Waals surface area (Å²) < 4.78 is 168. The number of azo groups is 3. The van der Waals surface area contributed by atoms with Gasteiger partial charge < -0.3 is 15.2 Å². The first-order chi connectivity index (χ1) is 38.3. The van der Waals surface area contributed by atoms with Gasteiger partial charge >= 0.3 is 10.6 Å². The number of fused-ring (bicyclic) bond motifs is 6. The van der Waals surface area contributed by atoms with Crippen LogP contribution in [0.15, 0.2) is 112 Å². The molecule has 0 aliphatic rings. The Balaban J connectivity index is 0.00000234. The first-order valence-electron chi connectivity index (χ1n) is 23.0. The van der Waals surface area contributed by atoms with Crippen molar-refractivity contribution in [3.05, 3.63) is 89.0 Å². The summed E-state index contributed by atoms with van der Waals surface area (Å²) in [6.07, 6.45) is -0.153. The molecule has 8 rings (SSSR count). The number of anilines is 1. The van der Waals surface area contributed by atoms with Gasteiger partial charge in [-0.05, 0) is 92.3 Å². The second-order valence-electron chi connectivity index (χ2n) is 17.3. The fourth-order valence-electron chi connectivity index (χ4n) is 7.88. The molecule has 5 aromatic carbocycles. The Bertz CT molecular complexity index is 4670. The molecular formula is C46H41N11O18S7. The maximum Gasteiger partial charge on any atom is 0.425 e. The highest BCUT2D eigenvalue weighted by atomic mass is 32.2. The van der Waals surface area contributed by atoms with E-state index in [4.69, 9.17) is 17.4 Å². The Morgan fingerprint density at radius 2 is 1.38 bits per heavy atom. The van der Waals surface area contributed by atoms with E-state index in [1.54, 1.807) is 50.2 Å². The highest BCUT2D eigenvalue weighted by molar-refractivity contribution is 7.99. The van der Waals surface area contributed by atoms with E-state index in [9.17, 15) is 67.0 Å². The molecule has 0 saturated heterocycles. The zero-order valence-electron chi connectivity index (χ0n) is 42.5. The van der Waals surface area contributed by atoms with Crippen molar-refractivity contribution in [2.75, 3.05) is 29.2 Å². The van der Waals surface area contributed by atoms with E-state index in [-0.39, 0.29) is 92.3 Å². The average Bonchev–Trinajstić information content (AvgIpc) is 4.12. The maximum atomic E-state index is 12.6. The number of carbonyl (C=O) groups is 1. The standard InChI is InChI=1S/C46H41N11O15S6.O3S/c1-23-17-33(53-55-39-25(3)29(22-47)44-49-40-35(57(44)45(39)59)12-11-30(48-26(4)58)43(40)78(69,70)71)36(72-13-7-15-75(60,61)62)20-31(23)51-54-34-18-24(2)32(21-37(34)73-14-8-16-76(63,64)65)52-56-46-50-41-38(77(66,67)68)19-27-9-5-6-10-28(27)42(41)74-46;1-4(2)3/h5-6,9-12,17-21,59H,7-8,13-16H2,1-4H3,(H,48,58)(H,60,61,62)(H,63,64,65)(H,66,67,68)(H,69,70,71);. The Hall–Kier alpha value is -7.83. The molecular weight excluding hydrogens is 1220 g/mol. The van der Waals surface area contributed by atoms with E-state index in [1.165, 1.54) is 31.2 Å². The SMILES string of the molecule is CC(=O)Nc1ccc2c(nc3c(C#N)c(C)c(N=Nc4cc(C)c(N=Nc5cc(C)c(N=Nc6nc7c(S(=O)(=O)O)cc8ccccc8c7s6)cc5SCCCS(=O)(=O)O)cc4OCCCS(=O)(=O)O)c(O)n32)c1S(=O)(=O)O.O=S(=O)=O. The lowest BCUT2D eigenvalue weighted by Crippen LogP contribution is -2.11. The average molecular weight is 1260 g/mol. The van der Waals surface area contributed by atoms with Gasteiger partial charge in [-0.15, -0.1) is 50.0 Å². The zero-order valence-corrected chi connectivity index (χ0v) is 48.2. The fourth-order valence-corrected chi connectivity index (χ4v) is 12.5. The zero-order chi connectivity index (χ0) is 60.2. The molecule has 6 N–H and O–H groups in total. The summed E-state index contributed by atoms with van der Waals surface area (Å²) in [5.41, 5.74) is 0.146. The van der Waals surface area contributed by atoms with Crippen LogP contribution in [0.3, 0.4) is 0 Å². The fraction of sp³-hybridized carbons (Fsp3) is 0.217. The van der Waals surface area contributed by atoms with Crippen LogP contribution in [0, 0.1) is 32.1 Å². The molecule has 0 aliphatic carbocycles. The molecule has 0 unspecified atom stereocenters. The number of nitrogens with zero attached hydrogens (tertiary/aromatic N) is 10. The Labute approximate surface area is 474 Å². The van der Waals surface area contributed by atoms with Gasteiger partial charge in [0.1, 0.15) is 43.9 Å². The van der Waals surface area contributed by atoms with Crippen molar-refractivity contribution in [3.8, 4) is 17.7 Å². The number of aromatic nitrogens is 3. The number of aromatic hydroxyl groups is 1. The molecule has 0 radical (unpaired) electrons. The third-order valence-electron chi connectivity index (χ3n) is 11.4. The summed E-state index contributed by atoms with van der Waals surface area (Å²) in [6.45, 7) is 5.55. The molecule has 0 atom stereocenters. The van der Waals surface area contributed by atoms with E-state index >= 15 is 0 Å². The monoisotopic (exact) mass is 1260 g/mol. The molecule has 430 valence electrons. The van der Waals surface area contributed by atoms with Gasteiger partial charge in [-0.3, -0.25) is 27.4 Å². The minimum atomic E-state index is -5.07. The first-order valence-corrected chi connectivity index (χ1v) is 31.9. The summed E-state index contributed by atoms with van der Waals surface area (Å²) >= 11 is 2.20. The molecule has 0 bridgehead atoms. The number of aryl methyl sites for hydroxylation is 2. The minimum absolute atomic E-state index is 0.00242. The van der Waals surface area contributed by atoms with Crippen LogP contribution in [-0.4, -0.2) is 114 Å². The number of benzene rings is 5. The Morgan fingerprint density at radius 1 is 0.768 bits per heavy atom. The third kappa shape index (κ3) is 14.8. The quantitative estimate of drug-likeness (QED) is 0.0190. The van der Waals surface area contributed by atoms with Crippen LogP contribution in [0.25, 0.3) is 37.7 Å². The van der Waals surface area contributed by atoms with E-state index in [0.717, 1.165) is 40.5 Å². The molecule has 0 fully saturated rings. The number of nitriles is 1. The van der Waals surface area contributed by atoms with Gasteiger partial charge in [0.25, 0.3) is 40.5 Å². The number of carbonyl (C=O) groups excluding carboxylic acids is 1. The maximum absolute atomic E-state index is 12.6. The molecule has 29 nitrogen and oxygen atoms in total. The number of hydrogen-bond donors (Lipinski definition) is 6. The molecule has 82 heavy (non-hydrogen) atoms. The van der Waals surface area contributed by atoms with Crippen LogP contribution in [0.5, 0.6) is 11.6 Å². The van der Waals surface area contributed by atoms with Crippen LogP contribution in [0.1, 0.15) is 42.0 Å². The van der Waals surface area contributed by atoms with Crippen molar-refractivity contribution in [1.29, 1.82) is 5.26 Å². The summed E-state index contributed by atoms with van der Waals surface area (Å²) in [6, 6.07) is 18.7. The highest BCUT2D eigenvalue weighted by Crippen LogP contribution is 2.44. The Kier molecular flexibility index (Phi) is 18.6. The number of thioether (sulfide) groups is 1. The van der Waals surface area contributed by atoms with E-state index < -0.39 is 89.7 Å². The third-order valence-corrected chi connectivity index (χ3v) is 16.9. The van der Waals surface area contributed by atoms with Crippen LogP contribution >= 0.6 is 23.1 Å². The molecule has 0 saturated carbocycles. The van der Waals surface area contributed by atoms with Gasteiger partial charge in [-0.1, -0.05) is 35.6 Å². The van der Waals surface area contributed by atoms with Gasteiger partial charge in [-0.25, -0.2) is 9.97 Å². The van der Waals surface area contributed by atoms with E-state index in [0.29, 0.717) is 37.2 Å². The van der Waals surface area contributed by atoms with Gasteiger partial charge in [0.2, 0.25) is 16.9 Å². The number of imidazole rings is 1. The van der Waals surface area contributed by atoms with Gasteiger partial charge in [0.05, 0.1) is 51.1 Å². The predicted octanol–water partition coefficient (Wildman–Crippen LogP) is 9.47. The first kappa shape index (κ1) is 61.8. The summed E-state index contributed by atoms with van der Waals surface area (Å²) in [7, 11) is -21.5. The van der Waals surface area contributed by atoms with Gasteiger partial charge in [0, 0.05) is 28.8 Å². The largest absolute Gasteiger partial charge is 0.493 e. The van der Waals surface area contributed by atoms with E-state index in [1.807, 2.05) is 6.07 Å². The lowest BCUT2D eigenvalue weighted by atomic mass is 10.1. The summed E-state index contributed by atoms with van der Waals surface area (Å²) in [5.74, 6) is -2.42. The summed E-state index contributed by atoms with van der Waals surface area (Å²) in [4.78, 5) is 19.8. The molecule has 8 aromatic rings. The van der Waals surface area contributed by atoms with Crippen LogP contribution in [-0.2, 0) is 55.9 Å². The normalized spacial score (nSPS) is 12.5. The number of amides is 1. The number of pyridine rings is 1. The van der Waals surface area contributed by atoms with Crippen LogP contribution in [0.4, 0.5) is 39.3 Å². The van der Waals surface area contributed by atoms with Crippen LogP contribution in [0.2, 0.25) is 0 Å². The van der Waals surface area contributed by atoms with Crippen molar-refractivity contribution in [2.45, 2.75) is 55.2 Å². The van der Waals surface area contributed by atoms with Crippen molar-refractivity contribution in [3.63, 3.8) is 0 Å². The molecule has 0 spiro atoms. The van der Waals surface area contributed by atoms with Gasteiger partial charge in [-0.2, -0.15) is 44.0 Å².